The van der Waals surface area contributed by atoms with Gasteiger partial charge in [0.05, 0.1) is 18.4 Å². The van der Waals surface area contributed by atoms with Crippen LogP contribution in [-0.4, -0.2) is 32.8 Å². The number of methoxy groups -OCH3 is 1. The fourth-order valence-corrected chi connectivity index (χ4v) is 1.51. The van der Waals surface area contributed by atoms with Crippen LogP contribution < -0.4 is 10.6 Å². The third-order valence-electron chi connectivity index (χ3n) is 2.25. The van der Waals surface area contributed by atoms with E-state index in [1.54, 1.807) is 0 Å². The van der Waals surface area contributed by atoms with E-state index < -0.39 is 18.7 Å². The molecule has 0 unspecified atom stereocenters. The maximum atomic E-state index is 12.3. The minimum atomic E-state index is -4.36. The van der Waals surface area contributed by atoms with E-state index in [1.165, 1.54) is 25.2 Å². The van der Waals surface area contributed by atoms with Crippen LogP contribution in [0.3, 0.4) is 0 Å². The second-order valence-corrected chi connectivity index (χ2v) is 3.74. The summed E-state index contributed by atoms with van der Waals surface area (Å²) in [4.78, 5) is 12.4. The number of hydrogen-bond donors (Lipinski definition) is 1. The lowest BCUT2D eigenvalue weighted by atomic mass is 10.1. The van der Waals surface area contributed by atoms with Crippen LogP contribution in [0.1, 0.15) is 10.4 Å². The van der Waals surface area contributed by atoms with Crippen molar-refractivity contribution < 1.29 is 22.7 Å². The molecule has 0 fully saturated rings. The molecule has 0 atom stereocenters. The van der Waals surface area contributed by atoms with E-state index in [-0.39, 0.29) is 16.9 Å². The Balaban J connectivity index is 3.11. The number of rotatable bonds is 3. The molecule has 0 aromatic heterocycles. The number of anilines is 2. The number of ether oxygens (including phenoxy) is 1. The maximum absolute atomic E-state index is 12.3. The topological polar surface area (TPSA) is 55.6 Å². The molecule has 0 heterocycles. The SMILES string of the molecule is COC(=O)c1cc(N)ccc1N(C)CC(F)(F)F. The molecule has 1 aromatic rings. The Morgan fingerprint density at radius 1 is 1.44 bits per heavy atom. The van der Waals surface area contributed by atoms with E-state index in [9.17, 15) is 18.0 Å². The summed E-state index contributed by atoms with van der Waals surface area (Å²) in [6.07, 6.45) is -4.36. The van der Waals surface area contributed by atoms with Gasteiger partial charge in [-0.1, -0.05) is 0 Å². The van der Waals surface area contributed by atoms with Crippen molar-refractivity contribution in [1.82, 2.24) is 0 Å². The monoisotopic (exact) mass is 262 g/mol. The first-order valence-electron chi connectivity index (χ1n) is 5.00. The van der Waals surface area contributed by atoms with Crippen LogP contribution in [0.5, 0.6) is 0 Å². The zero-order valence-electron chi connectivity index (χ0n) is 9.91. The van der Waals surface area contributed by atoms with Crippen LogP contribution in [0.25, 0.3) is 0 Å². The molecule has 2 N–H and O–H groups in total. The van der Waals surface area contributed by atoms with Crippen molar-refractivity contribution in [3.8, 4) is 0 Å². The molecule has 0 saturated carbocycles. The number of nitrogen functional groups attached to an aromatic ring is 1. The van der Waals surface area contributed by atoms with Gasteiger partial charge in [0.1, 0.15) is 6.54 Å². The summed E-state index contributed by atoms with van der Waals surface area (Å²) < 4.78 is 41.4. The van der Waals surface area contributed by atoms with Crippen molar-refractivity contribution in [2.24, 2.45) is 0 Å². The van der Waals surface area contributed by atoms with Gasteiger partial charge >= 0.3 is 12.1 Å². The van der Waals surface area contributed by atoms with E-state index in [1.807, 2.05) is 0 Å². The molecule has 0 saturated heterocycles. The van der Waals surface area contributed by atoms with Gasteiger partial charge in [-0.15, -0.1) is 0 Å². The molecule has 0 spiro atoms. The molecular formula is C11H13F3N2O2. The summed E-state index contributed by atoms with van der Waals surface area (Å²) >= 11 is 0. The average Bonchev–Trinajstić information content (AvgIpc) is 2.25. The Kier molecular flexibility index (Phi) is 4.05. The lowest BCUT2D eigenvalue weighted by molar-refractivity contribution is -0.119. The molecule has 0 bridgehead atoms. The van der Waals surface area contributed by atoms with Gasteiger partial charge in [-0.3, -0.25) is 0 Å². The van der Waals surface area contributed by atoms with Crippen molar-refractivity contribution >= 4 is 17.3 Å². The van der Waals surface area contributed by atoms with Crippen molar-refractivity contribution in [3.05, 3.63) is 23.8 Å². The summed E-state index contributed by atoms with van der Waals surface area (Å²) in [5.74, 6) is -0.730. The van der Waals surface area contributed by atoms with Gasteiger partial charge in [-0.25, -0.2) is 4.79 Å². The normalized spacial score (nSPS) is 11.2. The fourth-order valence-electron chi connectivity index (χ4n) is 1.51. The summed E-state index contributed by atoms with van der Waals surface area (Å²) in [5, 5.41) is 0. The van der Waals surface area contributed by atoms with Gasteiger partial charge < -0.3 is 15.4 Å². The zero-order valence-corrected chi connectivity index (χ0v) is 9.91. The van der Waals surface area contributed by atoms with E-state index in [0.717, 1.165) is 12.0 Å². The first kappa shape index (κ1) is 14.1. The molecule has 4 nitrogen and oxygen atoms in total. The highest BCUT2D eigenvalue weighted by Gasteiger charge is 2.30. The Morgan fingerprint density at radius 2 is 2.06 bits per heavy atom. The highest BCUT2D eigenvalue weighted by atomic mass is 19.4. The Bertz CT molecular complexity index is 446. The number of carbonyl (C=O) groups is 1. The molecule has 0 radical (unpaired) electrons. The minimum absolute atomic E-state index is 0.00394. The molecule has 18 heavy (non-hydrogen) atoms. The van der Waals surface area contributed by atoms with E-state index >= 15 is 0 Å². The highest BCUT2D eigenvalue weighted by Crippen LogP contribution is 2.26. The van der Waals surface area contributed by atoms with Gasteiger partial charge in [0.2, 0.25) is 0 Å². The zero-order chi connectivity index (χ0) is 13.9. The number of nitrogens with zero attached hydrogens (tertiary/aromatic N) is 1. The third kappa shape index (κ3) is 3.54. The highest BCUT2D eigenvalue weighted by molar-refractivity contribution is 5.96. The lowest BCUT2D eigenvalue weighted by Gasteiger charge is -2.23. The molecule has 0 amide bonds. The molecular weight excluding hydrogens is 249 g/mol. The molecule has 1 rings (SSSR count). The second kappa shape index (κ2) is 5.16. The number of esters is 1. The van der Waals surface area contributed by atoms with E-state index in [0.29, 0.717) is 0 Å². The predicted molar refractivity (Wildman–Crippen MR) is 61.5 cm³/mol. The van der Waals surface area contributed by atoms with Gasteiger partial charge in [-0.05, 0) is 18.2 Å². The largest absolute Gasteiger partial charge is 0.465 e. The standard InChI is InChI=1S/C11H13F3N2O2/c1-16(6-11(12,13)14)9-4-3-7(15)5-8(9)10(17)18-2/h3-5H,6,15H2,1-2H3. The summed E-state index contributed by atoms with van der Waals surface area (Å²) in [5.41, 5.74) is 5.90. The fraction of sp³-hybridized carbons (Fsp3) is 0.364. The van der Waals surface area contributed by atoms with Gasteiger partial charge in [0.25, 0.3) is 0 Å². The van der Waals surface area contributed by atoms with Gasteiger partial charge in [0, 0.05) is 12.7 Å². The van der Waals surface area contributed by atoms with Crippen molar-refractivity contribution in [2.75, 3.05) is 31.3 Å². The first-order valence-corrected chi connectivity index (χ1v) is 5.00. The van der Waals surface area contributed by atoms with Crippen LogP contribution >= 0.6 is 0 Å². The quantitative estimate of drug-likeness (QED) is 0.669. The molecule has 100 valence electrons. The Morgan fingerprint density at radius 3 is 2.56 bits per heavy atom. The minimum Gasteiger partial charge on any atom is -0.465 e. The van der Waals surface area contributed by atoms with E-state index in [2.05, 4.69) is 4.74 Å². The van der Waals surface area contributed by atoms with E-state index in [4.69, 9.17) is 5.73 Å². The predicted octanol–water partition coefficient (Wildman–Crippen LogP) is 2.05. The number of hydrogen-bond acceptors (Lipinski definition) is 4. The second-order valence-electron chi connectivity index (χ2n) is 3.74. The van der Waals surface area contributed by atoms with Crippen molar-refractivity contribution in [2.45, 2.75) is 6.18 Å². The van der Waals surface area contributed by atoms with Crippen molar-refractivity contribution in [1.29, 1.82) is 0 Å². The van der Waals surface area contributed by atoms with Crippen LogP contribution in [0.2, 0.25) is 0 Å². The summed E-state index contributed by atoms with van der Waals surface area (Å²) in [7, 11) is 2.39. The Labute approximate surface area is 102 Å². The smallest absolute Gasteiger partial charge is 0.405 e. The molecule has 1 aromatic carbocycles. The Hall–Kier alpha value is -1.92. The maximum Gasteiger partial charge on any atom is 0.405 e. The molecule has 0 aliphatic carbocycles. The summed E-state index contributed by atoms with van der Waals surface area (Å²) in [6.45, 7) is -1.17. The summed E-state index contributed by atoms with van der Waals surface area (Å²) in [6, 6.07) is 4.07. The first-order chi connectivity index (χ1) is 8.24. The lowest BCUT2D eigenvalue weighted by Crippen LogP contribution is -2.32. The molecule has 0 aliphatic rings. The average molecular weight is 262 g/mol. The third-order valence-corrected chi connectivity index (χ3v) is 2.25. The number of alkyl halides is 3. The molecule has 7 heteroatoms. The van der Waals surface area contributed by atoms with Gasteiger partial charge in [0.15, 0.2) is 0 Å². The van der Waals surface area contributed by atoms with Crippen LogP contribution in [0.4, 0.5) is 24.5 Å². The van der Waals surface area contributed by atoms with Crippen LogP contribution in [0, 0.1) is 0 Å². The number of carbonyl (C=O) groups excluding carboxylic acids is 1. The van der Waals surface area contributed by atoms with Crippen LogP contribution in [0.15, 0.2) is 18.2 Å². The number of nitrogens with two attached hydrogens (primary N) is 1. The van der Waals surface area contributed by atoms with Crippen LogP contribution in [-0.2, 0) is 4.74 Å². The molecule has 0 aliphatic heterocycles. The van der Waals surface area contributed by atoms with Crippen molar-refractivity contribution in [3.63, 3.8) is 0 Å². The number of benzene rings is 1. The van der Waals surface area contributed by atoms with Gasteiger partial charge in [-0.2, -0.15) is 13.2 Å². The number of halogens is 3.